The lowest BCUT2D eigenvalue weighted by molar-refractivity contribution is 0.813. The number of hydrogen-bond acceptors (Lipinski definition) is 3. The number of nitrogens with two attached hydrogens (primary N) is 1. The summed E-state index contributed by atoms with van der Waals surface area (Å²) in [6, 6.07) is 19.2. The minimum Gasteiger partial charge on any atom is -0.369 e. The van der Waals surface area contributed by atoms with E-state index in [-0.39, 0.29) is 11.5 Å². The zero-order valence-electron chi connectivity index (χ0n) is 15.9. The van der Waals surface area contributed by atoms with Crippen molar-refractivity contribution >= 4 is 5.95 Å². The second kappa shape index (κ2) is 7.03. The van der Waals surface area contributed by atoms with Gasteiger partial charge >= 0.3 is 0 Å². The Morgan fingerprint density at radius 1 is 1.04 bits per heavy atom. The summed E-state index contributed by atoms with van der Waals surface area (Å²) in [7, 11) is 1.65. The van der Waals surface area contributed by atoms with Crippen LogP contribution in [0.15, 0.2) is 59.4 Å². The van der Waals surface area contributed by atoms with Gasteiger partial charge in [-0.25, -0.2) is 4.98 Å². The van der Waals surface area contributed by atoms with Crippen molar-refractivity contribution in [2.45, 2.75) is 38.0 Å². The molecule has 0 radical (unpaired) electrons. The first-order valence-corrected chi connectivity index (χ1v) is 9.49. The molecule has 0 bridgehead atoms. The topological polar surface area (TPSA) is 60.9 Å². The Kier molecular flexibility index (Phi) is 4.56. The second-order valence-corrected chi connectivity index (χ2v) is 7.62. The number of benzene rings is 2. The molecule has 1 saturated carbocycles. The molecule has 0 unspecified atom stereocenters. The zero-order valence-corrected chi connectivity index (χ0v) is 15.9. The molecule has 4 heteroatoms. The van der Waals surface area contributed by atoms with Gasteiger partial charge < -0.3 is 5.73 Å². The normalized spacial score (nSPS) is 18.4. The fraction of sp³-hybridized carbons (Fsp3) is 0.304. The van der Waals surface area contributed by atoms with E-state index in [1.807, 2.05) is 0 Å². The maximum absolute atomic E-state index is 12.0. The van der Waals surface area contributed by atoms with Crippen molar-refractivity contribution in [3.05, 3.63) is 92.9 Å². The van der Waals surface area contributed by atoms with Crippen LogP contribution in [0.2, 0.25) is 0 Å². The average Bonchev–Trinajstić information content (AvgIpc) is 3.46. The summed E-state index contributed by atoms with van der Waals surface area (Å²) in [6.07, 6.45) is 3.11. The lowest BCUT2D eigenvalue weighted by Crippen LogP contribution is -2.21. The third-order valence-electron chi connectivity index (χ3n) is 5.56. The Balaban J connectivity index is 1.46. The molecule has 0 aliphatic heterocycles. The highest BCUT2D eigenvalue weighted by Gasteiger charge is 2.41. The molecular formula is C23H25N3O. The van der Waals surface area contributed by atoms with Crippen LogP contribution >= 0.6 is 0 Å². The van der Waals surface area contributed by atoms with E-state index in [1.54, 1.807) is 13.1 Å². The van der Waals surface area contributed by atoms with Crippen LogP contribution in [-0.4, -0.2) is 9.55 Å². The van der Waals surface area contributed by atoms with E-state index in [2.05, 4.69) is 60.4 Å². The maximum Gasteiger partial charge on any atom is 0.254 e. The van der Waals surface area contributed by atoms with Gasteiger partial charge in [0.15, 0.2) is 0 Å². The highest BCUT2D eigenvalue weighted by atomic mass is 16.1. The predicted molar refractivity (Wildman–Crippen MR) is 109 cm³/mol. The number of rotatable bonds is 5. The van der Waals surface area contributed by atoms with Gasteiger partial charge in [0.25, 0.3) is 5.56 Å². The monoisotopic (exact) mass is 359 g/mol. The van der Waals surface area contributed by atoms with Crippen molar-refractivity contribution < 1.29 is 0 Å². The molecule has 1 aliphatic carbocycles. The molecule has 3 aromatic rings. The zero-order chi connectivity index (χ0) is 19.0. The van der Waals surface area contributed by atoms with Crippen molar-refractivity contribution in [1.29, 1.82) is 0 Å². The van der Waals surface area contributed by atoms with Crippen molar-refractivity contribution in [3.8, 4) is 0 Å². The first-order chi connectivity index (χ1) is 13.0. The number of anilines is 1. The van der Waals surface area contributed by atoms with Crippen LogP contribution in [0.5, 0.6) is 0 Å². The van der Waals surface area contributed by atoms with Gasteiger partial charge in [0.05, 0.1) is 5.69 Å². The molecule has 2 N–H and O–H groups in total. The first-order valence-electron chi connectivity index (χ1n) is 9.49. The van der Waals surface area contributed by atoms with Crippen molar-refractivity contribution in [3.63, 3.8) is 0 Å². The molecule has 27 heavy (non-hydrogen) atoms. The first kappa shape index (κ1) is 17.5. The van der Waals surface area contributed by atoms with Crippen LogP contribution in [0.1, 0.15) is 46.2 Å². The number of nitrogen functional groups attached to an aromatic ring is 1. The lowest BCUT2D eigenvalue weighted by Gasteiger charge is -2.07. The van der Waals surface area contributed by atoms with E-state index >= 15 is 0 Å². The number of aromatic nitrogens is 2. The number of aryl methyl sites for hydroxylation is 3. The Hall–Kier alpha value is -2.88. The molecule has 0 spiro atoms. The van der Waals surface area contributed by atoms with E-state index in [9.17, 15) is 4.79 Å². The van der Waals surface area contributed by atoms with Crippen molar-refractivity contribution in [2.75, 3.05) is 5.73 Å². The van der Waals surface area contributed by atoms with Gasteiger partial charge in [-0.05, 0) is 48.8 Å². The molecule has 0 saturated heterocycles. The minimum atomic E-state index is -0.0880. The minimum absolute atomic E-state index is 0.0880. The van der Waals surface area contributed by atoms with Crippen molar-refractivity contribution in [2.24, 2.45) is 7.05 Å². The molecule has 2 aromatic carbocycles. The SMILES string of the molecule is Cc1ccc(CCc2cccc([C@@H]3C[C@@H]3c3cc(=O)n(C)c(N)n3)c2)cc1. The van der Waals surface area contributed by atoms with Crippen molar-refractivity contribution in [1.82, 2.24) is 9.55 Å². The molecular weight excluding hydrogens is 334 g/mol. The molecule has 1 fully saturated rings. The van der Waals surface area contributed by atoms with Gasteiger partial charge in [-0.3, -0.25) is 9.36 Å². The van der Waals surface area contributed by atoms with Crippen LogP contribution in [-0.2, 0) is 19.9 Å². The van der Waals surface area contributed by atoms with Crippen LogP contribution in [0.25, 0.3) is 0 Å². The second-order valence-electron chi connectivity index (χ2n) is 7.62. The van der Waals surface area contributed by atoms with E-state index in [4.69, 9.17) is 5.73 Å². The Labute approximate surface area is 159 Å². The lowest BCUT2D eigenvalue weighted by atomic mass is 9.99. The van der Waals surface area contributed by atoms with Gasteiger partial charge in [0, 0.05) is 19.0 Å². The van der Waals surface area contributed by atoms with Crippen LogP contribution < -0.4 is 11.3 Å². The molecule has 4 nitrogen and oxygen atoms in total. The largest absolute Gasteiger partial charge is 0.369 e. The summed E-state index contributed by atoms with van der Waals surface area (Å²) in [5.41, 5.74) is 11.9. The molecule has 1 aliphatic rings. The summed E-state index contributed by atoms with van der Waals surface area (Å²) in [4.78, 5) is 16.4. The molecule has 1 heterocycles. The summed E-state index contributed by atoms with van der Waals surface area (Å²) in [5.74, 6) is 1.02. The maximum atomic E-state index is 12.0. The third-order valence-corrected chi connectivity index (χ3v) is 5.56. The average molecular weight is 359 g/mol. The Bertz CT molecular complexity index is 1020. The van der Waals surface area contributed by atoms with E-state index in [0.717, 1.165) is 25.0 Å². The van der Waals surface area contributed by atoms with E-state index in [0.29, 0.717) is 11.8 Å². The summed E-state index contributed by atoms with van der Waals surface area (Å²) in [6.45, 7) is 2.12. The van der Waals surface area contributed by atoms with Gasteiger partial charge in [0.2, 0.25) is 5.95 Å². The molecule has 1 aromatic heterocycles. The van der Waals surface area contributed by atoms with E-state index < -0.39 is 0 Å². The fourth-order valence-electron chi connectivity index (χ4n) is 3.68. The standard InChI is InChI=1S/C23H25N3O/c1-15-6-8-16(9-7-15)10-11-17-4-3-5-18(12-17)19-13-20(19)21-14-22(27)26(2)23(24)25-21/h3-9,12,14,19-20H,10-11,13H2,1-2H3,(H2,24,25)/t19-,20-/m0/s1. The molecule has 0 amide bonds. The number of hydrogen-bond donors (Lipinski definition) is 1. The summed E-state index contributed by atoms with van der Waals surface area (Å²) >= 11 is 0. The molecule has 138 valence electrons. The van der Waals surface area contributed by atoms with Crippen LogP contribution in [0.4, 0.5) is 5.95 Å². The van der Waals surface area contributed by atoms with Gasteiger partial charge in [-0.15, -0.1) is 0 Å². The van der Waals surface area contributed by atoms with Crippen LogP contribution in [0.3, 0.4) is 0 Å². The Morgan fingerprint density at radius 3 is 2.52 bits per heavy atom. The van der Waals surface area contributed by atoms with E-state index in [1.165, 1.54) is 26.8 Å². The fourth-order valence-corrected chi connectivity index (χ4v) is 3.68. The highest BCUT2D eigenvalue weighted by Crippen LogP contribution is 2.54. The molecule has 2 atom stereocenters. The predicted octanol–water partition coefficient (Wildman–Crippen LogP) is 3.73. The van der Waals surface area contributed by atoms with Crippen LogP contribution in [0, 0.1) is 6.92 Å². The van der Waals surface area contributed by atoms with Gasteiger partial charge in [-0.2, -0.15) is 0 Å². The third kappa shape index (κ3) is 3.80. The Morgan fingerprint density at radius 2 is 1.78 bits per heavy atom. The van der Waals surface area contributed by atoms with Gasteiger partial charge in [0.1, 0.15) is 0 Å². The smallest absolute Gasteiger partial charge is 0.254 e. The number of nitrogens with zero attached hydrogens (tertiary/aromatic N) is 2. The molecule has 4 rings (SSSR count). The highest BCUT2D eigenvalue weighted by molar-refractivity contribution is 5.37. The quantitative estimate of drug-likeness (QED) is 0.755. The van der Waals surface area contributed by atoms with Gasteiger partial charge in [-0.1, -0.05) is 54.1 Å². The summed E-state index contributed by atoms with van der Waals surface area (Å²) < 4.78 is 1.38. The summed E-state index contributed by atoms with van der Waals surface area (Å²) in [5, 5.41) is 0.